The Kier molecular flexibility index (Phi) is 3.32. The monoisotopic (exact) mass is 276 g/mol. The van der Waals surface area contributed by atoms with Gasteiger partial charge in [-0.15, -0.1) is 22.7 Å². The summed E-state index contributed by atoms with van der Waals surface area (Å²) in [4.78, 5) is 2.55. The fraction of sp³-hybridized carbons (Fsp3) is 0.333. The van der Waals surface area contributed by atoms with E-state index >= 15 is 0 Å². The van der Waals surface area contributed by atoms with Crippen LogP contribution in [-0.2, 0) is 0 Å². The van der Waals surface area contributed by atoms with E-state index in [1.165, 1.54) is 22.7 Å². The highest BCUT2D eigenvalue weighted by atomic mass is 32.1. The average molecular weight is 276 g/mol. The van der Waals surface area contributed by atoms with Gasteiger partial charge < -0.3 is 0 Å². The van der Waals surface area contributed by atoms with Crippen LogP contribution in [-0.4, -0.2) is 6.18 Å². The van der Waals surface area contributed by atoms with Crippen LogP contribution in [0.4, 0.5) is 13.2 Å². The standard InChI is InChI=1S/C12H11F3S2/c1-7-3-5-9(16-7)11(12(13,14)15)10-6-4-8(2)17-10/h3-6,11H,1-2H3. The van der Waals surface area contributed by atoms with E-state index < -0.39 is 12.1 Å². The van der Waals surface area contributed by atoms with Gasteiger partial charge in [-0.2, -0.15) is 13.2 Å². The van der Waals surface area contributed by atoms with Crippen molar-refractivity contribution in [1.82, 2.24) is 0 Å². The Labute approximate surface area is 106 Å². The highest BCUT2D eigenvalue weighted by Gasteiger charge is 2.43. The van der Waals surface area contributed by atoms with Crippen LogP contribution in [0.25, 0.3) is 0 Å². The zero-order chi connectivity index (χ0) is 12.6. The lowest BCUT2D eigenvalue weighted by Gasteiger charge is -2.17. The molecule has 0 N–H and O–H groups in total. The Hall–Kier alpha value is -0.810. The first-order chi connectivity index (χ1) is 7.88. The number of aryl methyl sites for hydroxylation is 2. The molecule has 0 aliphatic rings. The quantitative estimate of drug-likeness (QED) is 0.714. The molecule has 2 aromatic heterocycles. The molecular weight excluding hydrogens is 265 g/mol. The molecule has 0 radical (unpaired) electrons. The molecule has 17 heavy (non-hydrogen) atoms. The van der Waals surface area contributed by atoms with Gasteiger partial charge in [0.25, 0.3) is 0 Å². The van der Waals surface area contributed by atoms with Crippen molar-refractivity contribution in [3.63, 3.8) is 0 Å². The van der Waals surface area contributed by atoms with Crippen LogP contribution < -0.4 is 0 Å². The lowest BCUT2D eigenvalue weighted by atomic mass is 10.1. The van der Waals surface area contributed by atoms with Crippen LogP contribution in [0, 0.1) is 13.8 Å². The summed E-state index contributed by atoms with van der Waals surface area (Å²) >= 11 is 2.43. The average Bonchev–Trinajstić information content (AvgIpc) is 2.75. The first kappa shape index (κ1) is 12.6. The molecule has 0 unspecified atom stereocenters. The van der Waals surface area contributed by atoms with Crippen molar-refractivity contribution in [2.24, 2.45) is 0 Å². The SMILES string of the molecule is Cc1ccc(C(c2ccc(C)s2)C(F)(F)F)s1. The van der Waals surface area contributed by atoms with Gasteiger partial charge in [0.1, 0.15) is 5.92 Å². The fourth-order valence-corrected chi connectivity index (χ4v) is 3.80. The van der Waals surface area contributed by atoms with Gasteiger partial charge in [-0.1, -0.05) is 0 Å². The van der Waals surface area contributed by atoms with Gasteiger partial charge in [0.05, 0.1) is 0 Å². The summed E-state index contributed by atoms with van der Waals surface area (Å²) in [6.07, 6.45) is -4.23. The predicted molar refractivity (Wildman–Crippen MR) is 66.0 cm³/mol. The molecule has 2 aromatic rings. The molecule has 0 amide bonds. The molecule has 0 nitrogen and oxygen atoms in total. The molecule has 0 saturated heterocycles. The third-order valence-corrected chi connectivity index (χ3v) is 4.55. The van der Waals surface area contributed by atoms with Crippen LogP contribution in [0.15, 0.2) is 24.3 Å². The van der Waals surface area contributed by atoms with Crippen LogP contribution in [0.1, 0.15) is 25.4 Å². The molecule has 2 rings (SSSR count). The van der Waals surface area contributed by atoms with Gasteiger partial charge in [-0.25, -0.2) is 0 Å². The normalized spacial score (nSPS) is 12.4. The zero-order valence-electron chi connectivity index (χ0n) is 9.34. The third-order valence-electron chi connectivity index (χ3n) is 2.42. The second kappa shape index (κ2) is 4.46. The van der Waals surface area contributed by atoms with Gasteiger partial charge in [0, 0.05) is 19.5 Å². The van der Waals surface area contributed by atoms with Gasteiger partial charge >= 0.3 is 6.18 Å². The molecule has 0 aromatic carbocycles. The summed E-state index contributed by atoms with van der Waals surface area (Å²) in [5.74, 6) is -1.47. The number of alkyl halides is 3. The summed E-state index contributed by atoms with van der Waals surface area (Å²) in [5, 5.41) is 0. The summed E-state index contributed by atoms with van der Waals surface area (Å²) in [6.45, 7) is 3.64. The molecule has 0 spiro atoms. The highest BCUT2D eigenvalue weighted by Crippen LogP contribution is 2.44. The van der Waals surface area contributed by atoms with E-state index in [9.17, 15) is 13.2 Å². The van der Waals surface area contributed by atoms with Gasteiger partial charge in [0.15, 0.2) is 0 Å². The van der Waals surface area contributed by atoms with Crippen molar-refractivity contribution < 1.29 is 13.2 Å². The highest BCUT2D eigenvalue weighted by molar-refractivity contribution is 7.13. The number of halogens is 3. The minimum Gasteiger partial charge on any atom is -0.170 e. The van der Waals surface area contributed by atoms with E-state index in [1.807, 2.05) is 13.8 Å². The molecule has 0 bridgehead atoms. The third kappa shape index (κ3) is 2.72. The van der Waals surface area contributed by atoms with E-state index in [-0.39, 0.29) is 0 Å². The maximum atomic E-state index is 13.1. The van der Waals surface area contributed by atoms with Crippen molar-refractivity contribution in [1.29, 1.82) is 0 Å². The lowest BCUT2D eigenvalue weighted by Crippen LogP contribution is -2.20. The largest absolute Gasteiger partial charge is 0.401 e. The minimum atomic E-state index is -4.23. The Morgan fingerprint density at radius 2 is 1.29 bits per heavy atom. The molecule has 0 saturated carbocycles. The summed E-state index contributed by atoms with van der Waals surface area (Å²) < 4.78 is 39.4. The van der Waals surface area contributed by atoms with Crippen molar-refractivity contribution in [2.45, 2.75) is 25.9 Å². The molecule has 5 heteroatoms. The molecule has 2 heterocycles. The van der Waals surface area contributed by atoms with Gasteiger partial charge in [-0.3, -0.25) is 0 Å². The molecule has 92 valence electrons. The Morgan fingerprint density at radius 1 is 0.882 bits per heavy atom. The van der Waals surface area contributed by atoms with Crippen molar-refractivity contribution in [3.05, 3.63) is 43.8 Å². The van der Waals surface area contributed by atoms with Crippen LogP contribution in [0.2, 0.25) is 0 Å². The number of hydrogen-bond donors (Lipinski definition) is 0. The van der Waals surface area contributed by atoms with E-state index in [0.29, 0.717) is 9.75 Å². The van der Waals surface area contributed by atoms with Crippen LogP contribution in [0.3, 0.4) is 0 Å². The van der Waals surface area contributed by atoms with E-state index in [4.69, 9.17) is 0 Å². The van der Waals surface area contributed by atoms with Crippen LogP contribution >= 0.6 is 22.7 Å². The second-order valence-electron chi connectivity index (χ2n) is 3.87. The van der Waals surface area contributed by atoms with E-state index in [2.05, 4.69) is 0 Å². The minimum absolute atomic E-state index is 0.372. The van der Waals surface area contributed by atoms with Crippen molar-refractivity contribution >= 4 is 22.7 Å². The topological polar surface area (TPSA) is 0 Å². The molecular formula is C12H11F3S2. The summed E-state index contributed by atoms with van der Waals surface area (Å²) in [7, 11) is 0. The zero-order valence-corrected chi connectivity index (χ0v) is 11.0. The van der Waals surface area contributed by atoms with Gasteiger partial charge in [-0.05, 0) is 38.1 Å². The fourth-order valence-electron chi connectivity index (χ4n) is 1.68. The number of thiophene rings is 2. The lowest BCUT2D eigenvalue weighted by molar-refractivity contribution is -0.139. The smallest absolute Gasteiger partial charge is 0.170 e. The first-order valence-electron chi connectivity index (χ1n) is 5.07. The van der Waals surface area contributed by atoms with Crippen LogP contribution in [0.5, 0.6) is 0 Å². The van der Waals surface area contributed by atoms with E-state index in [1.54, 1.807) is 24.3 Å². The molecule has 0 aliphatic heterocycles. The Balaban J connectivity index is 2.46. The summed E-state index contributed by atoms with van der Waals surface area (Å²) in [6, 6.07) is 6.62. The predicted octanol–water partition coefficient (Wildman–Crippen LogP) is 5.12. The van der Waals surface area contributed by atoms with Gasteiger partial charge in [0.2, 0.25) is 0 Å². The Bertz CT molecular complexity index is 468. The second-order valence-corrected chi connectivity index (χ2v) is 6.51. The number of hydrogen-bond acceptors (Lipinski definition) is 2. The Morgan fingerprint density at radius 3 is 1.53 bits per heavy atom. The van der Waals surface area contributed by atoms with E-state index in [0.717, 1.165) is 9.75 Å². The maximum absolute atomic E-state index is 13.1. The number of rotatable bonds is 2. The molecule has 0 aliphatic carbocycles. The maximum Gasteiger partial charge on any atom is 0.401 e. The summed E-state index contributed by atoms with van der Waals surface area (Å²) in [5.41, 5.74) is 0. The van der Waals surface area contributed by atoms with Crippen molar-refractivity contribution in [2.75, 3.05) is 0 Å². The molecule has 0 atom stereocenters. The van der Waals surface area contributed by atoms with Crippen molar-refractivity contribution in [3.8, 4) is 0 Å². The molecule has 0 fully saturated rings. The first-order valence-corrected chi connectivity index (χ1v) is 6.70.